The van der Waals surface area contributed by atoms with Gasteiger partial charge in [0.2, 0.25) is 11.8 Å². The van der Waals surface area contributed by atoms with Crippen molar-refractivity contribution in [3.63, 3.8) is 0 Å². The van der Waals surface area contributed by atoms with Crippen molar-refractivity contribution < 1.29 is 29.4 Å². The molecule has 9 heteroatoms. The zero-order chi connectivity index (χ0) is 17.3. The molecule has 0 aromatic carbocycles. The van der Waals surface area contributed by atoms with Crippen LogP contribution in [0.3, 0.4) is 0 Å². The minimum atomic E-state index is -1.20. The third kappa shape index (κ3) is 8.90. The highest BCUT2D eigenvalue weighted by Gasteiger charge is 2.23. The van der Waals surface area contributed by atoms with E-state index in [2.05, 4.69) is 10.6 Å². The van der Waals surface area contributed by atoms with Gasteiger partial charge in [0.15, 0.2) is 0 Å². The van der Waals surface area contributed by atoms with Crippen molar-refractivity contribution >= 4 is 23.8 Å². The quantitative estimate of drug-likeness (QED) is 0.342. The van der Waals surface area contributed by atoms with Gasteiger partial charge in [0.1, 0.15) is 18.6 Å². The molecule has 2 amide bonds. The summed E-state index contributed by atoms with van der Waals surface area (Å²) in [5.74, 6) is -3.39. The average Bonchev–Trinajstić information content (AvgIpc) is 2.40. The molecule has 2 unspecified atom stereocenters. The molecule has 0 spiro atoms. The fourth-order valence-corrected chi connectivity index (χ4v) is 1.67. The van der Waals surface area contributed by atoms with E-state index in [1.165, 1.54) is 0 Å². The molecule has 6 N–H and O–H groups in total. The van der Waals surface area contributed by atoms with Crippen molar-refractivity contribution in [1.29, 1.82) is 0 Å². The van der Waals surface area contributed by atoms with Crippen LogP contribution in [0.4, 0.5) is 0 Å². The van der Waals surface area contributed by atoms with Gasteiger partial charge in [-0.05, 0) is 18.8 Å². The van der Waals surface area contributed by atoms with E-state index in [-0.39, 0.29) is 18.8 Å². The molecule has 0 heterocycles. The molecule has 9 nitrogen and oxygen atoms in total. The number of nitrogens with one attached hydrogen (secondary N) is 2. The molecule has 0 saturated carbocycles. The highest BCUT2D eigenvalue weighted by Crippen LogP contribution is 2.06. The standard InChI is InChI=1S/C13H23N3O6/c1-7(2)5-9(12(20)15-6-11(18)19)16-10(17)4-3-8(14)13(21)22/h7-9H,3-6,14H2,1-2H3,(H,15,20)(H,16,17)(H,18,19)(H,21,22). The summed E-state index contributed by atoms with van der Waals surface area (Å²) in [5, 5.41) is 21.8. The lowest BCUT2D eigenvalue weighted by Crippen LogP contribution is -2.48. The van der Waals surface area contributed by atoms with Crippen LogP contribution in [0.15, 0.2) is 0 Å². The predicted octanol–water partition coefficient (Wildman–Crippen LogP) is -1.09. The lowest BCUT2D eigenvalue weighted by Gasteiger charge is -2.20. The summed E-state index contributed by atoms with van der Waals surface area (Å²) < 4.78 is 0. The third-order valence-electron chi connectivity index (χ3n) is 2.77. The first-order chi connectivity index (χ1) is 10.1. The van der Waals surface area contributed by atoms with Gasteiger partial charge in [0, 0.05) is 6.42 Å². The summed E-state index contributed by atoms with van der Waals surface area (Å²) >= 11 is 0. The van der Waals surface area contributed by atoms with Crippen LogP contribution in [0.2, 0.25) is 0 Å². The maximum Gasteiger partial charge on any atom is 0.322 e. The van der Waals surface area contributed by atoms with E-state index in [4.69, 9.17) is 15.9 Å². The van der Waals surface area contributed by atoms with Gasteiger partial charge in [-0.15, -0.1) is 0 Å². The van der Waals surface area contributed by atoms with Crippen LogP contribution >= 0.6 is 0 Å². The van der Waals surface area contributed by atoms with E-state index in [0.29, 0.717) is 6.42 Å². The SMILES string of the molecule is CC(C)CC(NC(=O)CCC(N)C(=O)O)C(=O)NCC(=O)O. The van der Waals surface area contributed by atoms with Crippen LogP contribution in [0.5, 0.6) is 0 Å². The number of carboxylic acid groups (broad SMARTS) is 2. The van der Waals surface area contributed by atoms with E-state index >= 15 is 0 Å². The molecule has 0 saturated heterocycles. The first-order valence-corrected chi connectivity index (χ1v) is 6.90. The topological polar surface area (TPSA) is 159 Å². The largest absolute Gasteiger partial charge is 0.480 e. The van der Waals surface area contributed by atoms with Crippen LogP contribution in [0, 0.1) is 5.92 Å². The van der Waals surface area contributed by atoms with Crippen LogP contribution < -0.4 is 16.4 Å². The molecular weight excluding hydrogens is 294 g/mol. The number of carbonyl (C=O) groups excluding carboxylic acids is 2. The van der Waals surface area contributed by atoms with Gasteiger partial charge in [-0.1, -0.05) is 13.8 Å². The minimum Gasteiger partial charge on any atom is -0.480 e. The number of hydrogen-bond donors (Lipinski definition) is 5. The van der Waals surface area contributed by atoms with Crippen molar-refractivity contribution in [1.82, 2.24) is 10.6 Å². The highest BCUT2D eigenvalue weighted by atomic mass is 16.4. The summed E-state index contributed by atoms with van der Waals surface area (Å²) in [4.78, 5) is 44.6. The monoisotopic (exact) mass is 317 g/mol. The molecule has 0 bridgehead atoms. The maximum atomic E-state index is 11.9. The molecule has 0 aromatic rings. The first kappa shape index (κ1) is 19.8. The summed E-state index contributed by atoms with van der Waals surface area (Å²) in [6, 6.07) is -2.01. The van der Waals surface area contributed by atoms with Gasteiger partial charge in [0.05, 0.1) is 0 Å². The van der Waals surface area contributed by atoms with Gasteiger partial charge in [-0.3, -0.25) is 19.2 Å². The van der Waals surface area contributed by atoms with E-state index in [1.807, 2.05) is 13.8 Å². The van der Waals surface area contributed by atoms with Crippen LogP contribution in [0.25, 0.3) is 0 Å². The minimum absolute atomic E-state index is 0.0493. The Morgan fingerprint density at radius 3 is 2.18 bits per heavy atom. The Hall–Kier alpha value is -2.16. The number of amides is 2. The molecule has 0 aliphatic heterocycles. The van der Waals surface area contributed by atoms with Crippen molar-refractivity contribution in [2.45, 2.75) is 45.2 Å². The second-order valence-corrected chi connectivity index (χ2v) is 5.34. The Balaban J connectivity index is 4.50. The number of nitrogens with two attached hydrogens (primary N) is 1. The molecule has 0 radical (unpaired) electrons. The Bertz CT molecular complexity index is 424. The summed E-state index contributed by atoms with van der Waals surface area (Å²) in [6.45, 7) is 3.17. The molecule has 22 heavy (non-hydrogen) atoms. The number of hydrogen-bond acceptors (Lipinski definition) is 5. The van der Waals surface area contributed by atoms with E-state index in [1.54, 1.807) is 0 Å². The summed E-state index contributed by atoms with van der Waals surface area (Å²) in [7, 11) is 0. The van der Waals surface area contributed by atoms with E-state index < -0.39 is 42.4 Å². The second kappa shape index (κ2) is 9.72. The maximum absolute atomic E-state index is 11.9. The zero-order valence-electron chi connectivity index (χ0n) is 12.7. The Labute approximate surface area is 128 Å². The predicted molar refractivity (Wildman–Crippen MR) is 76.9 cm³/mol. The first-order valence-electron chi connectivity index (χ1n) is 6.90. The van der Waals surface area contributed by atoms with Gasteiger partial charge in [0.25, 0.3) is 0 Å². The molecule has 0 aliphatic rings. The molecule has 0 fully saturated rings. The summed E-state index contributed by atoms with van der Waals surface area (Å²) in [6.07, 6.45) is 0.156. The number of carbonyl (C=O) groups is 4. The lowest BCUT2D eigenvalue weighted by atomic mass is 10.0. The van der Waals surface area contributed by atoms with Crippen molar-refractivity contribution in [3.8, 4) is 0 Å². The van der Waals surface area contributed by atoms with E-state index in [9.17, 15) is 19.2 Å². The van der Waals surface area contributed by atoms with Gasteiger partial charge in [-0.25, -0.2) is 0 Å². The fraction of sp³-hybridized carbons (Fsp3) is 0.692. The second-order valence-electron chi connectivity index (χ2n) is 5.34. The van der Waals surface area contributed by atoms with Gasteiger partial charge in [-0.2, -0.15) is 0 Å². The summed E-state index contributed by atoms with van der Waals surface area (Å²) in [5.41, 5.74) is 5.29. The number of aliphatic carboxylic acids is 2. The molecule has 2 atom stereocenters. The molecule has 0 aromatic heterocycles. The van der Waals surface area contributed by atoms with Crippen LogP contribution in [0.1, 0.15) is 33.1 Å². The highest BCUT2D eigenvalue weighted by molar-refractivity contribution is 5.89. The number of carboxylic acids is 2. The van der Waals surface area contributed by atoms with Gasteiger partial charge >= 0.3 is 11.9 Å². The Morgan fingerprint density at radius 1 is 1.14 bits per heavy atom. The van der Waals surface area contributed by atoms with Crippen LogP contribution in [-0.2, 0) is 19.2 Å². The zero-order valence-corrected chi connectivity index (χ0v) is 12.7. The van der Waals surface area contributed by atoms with Crippen molar-refractivity contribution in [2.24, 2.45) is 11.7 Å². The molecule has 0 aliphatic carbocycles. The molecule has 0 rings (SSSR count). The fourth-order valence-electron chi connectivity index (χ4n) is 1.67. The lowest BCUT2D eigenvalue weighted by molar-refractivity contribution is -0.139. The van der Waals surface area contributed by atoms with Crippen LogP contribution in [-0.4, -0.2) is 52.6 Å². The molecular formula is C13H23N3O6. The third-order valence-corrected chi connectivity index (χ3v) is 2.77. The van der Waals surface area contributed by atoms with Crippen molar-refractivity contribution in [2.75, 3.05) is 6.54 Å². The Morgan fingerprint density at radius 2 is 1.73 bits per heavy atom. The normalized spacial score (nSPS) is 13.3. The van der Waals surface area contributed by atoms with Crippen molar-refractivity contribution in [3.05, 3.63) is 0 Å². The molecule has 126 valence electrons. The smallest absolute Gasteiger partial charge is 0.322 e. The number of rotatable bonds is 10. The Kier molecular flexibility index (Phi) is 8.76. The van der Waals surface area contributed by atoms with E-state index in [0.717, 1.165) is 0 Å². The van der Waals surface area contributed by atoms with Gasteiger partial charge < -0.3 is 26.6 Å². The average molecular weight is 317 g/mol.